The lowest BCUT2D eigenvalue weighted by atomic mass is 9.80. The van der Waals surface area contributed by atoms with E-state index in [1.807, 2.05) is 0 Å². The highest BCUT2D eigenvalue weighted by Crippen LogP contribution is 2.30. The molecule has 1 aromatic carbocycles. The molecule has 2 nitrogen and oxygen atoms in total. The van der Waals surface area contributed by atoms with Gasteiger partial charge >= 0.3 is 12.1 Å². The third kappa shape index (κ3) is 2.78. The molecular formula is C10H8BF3O2. The van der Waals surface area contributed by atoms with Gasteiger partial charge in [-0.3, -0.25) is 4.79 Å². The first-order valence-electron chi connectivity index (χ1n) is 4.37. The third-order valence-corrected chi connectivity index (χ3v) is 2.03. The Morgan fingerprint density at radius 1 is 1.44 bits per heavy atom. The molecule has 0 aromatic heterocycles. The molecule has 0 heterocycles. The minimum atomic E-state index is -4.45. The molecule has 16 heavy (non-hydrogen) atoms. The lowest BCUT2D eigenvalue weighted by Gasteiger charge is -2.12. The van der Waals surface area contributed by atoms with Crippen LogP contribution in [0.1, 0.15) is 16.9 Å². The summed E-state index contributed by atoms with van der Waals surface area (Å²) in [5.41, 5.74) is -0.772. The maximum Gasteiger partial charge on any atom is 0.416 e. The normalized spacial score (nSPS) is 13.2. The minimum Gasteiger partial charge on any atom is -0.469 e. The Balaban J connectivity index is 3.04. The van der Waals surface area contributed by atoms with Gasteiger partial charge in [0.05, 0.1) is 20.5 Å². The molecule has 0 aliphatic heterocycles. The minimum absolute atomic E-state index is 0.0710. The molecule has 2 radical (unpaired) electrons. The van der Waals surface area contributed by atoms with Gasteiger partial charge in [-0.05, 0) is 11.6 Å². The van der Waals surface area contributed by atoms with Crippen LogP contribution in [0.5, 0.6) is 0 Å². The maximum atomic E-state index is 12.4. The van der Waals surface area contributed by atoms with Crippen molar-refractivity contribution < 1.29 is 22.7 Å². The maximum absolute atomic E-state index is 12.4. The molecule has 1 atom stereocenters. The Bertz CT molecular complexity index is 390. The zero-order valence-corrected chi connectivity index (χ0v) is 8.41. The fraction of sp³-hybridized carbons (Fsp3) is 0.300. The van der Waals surface area contributed by atoms with E-state index < -0.39 is 23.5 Å². The van der Waals surface area contributed by atoms with Gasteiger partial charge in [0, 0.05) is 5.82 Å². The van der Waals surface area contributed by atoms with Gasteiger partial charge in [0.25, 0.3) is 0 Å². The Morgan fingerprint density at radius 2 is 2.06 bits per heavy atom. The number of alkyl halides is 3. The molecule has 0 spiro atoms. The highest BCUT2D eigenvalue weighted by Gasteiger charge is 2.31. The Hall–Kier alpha value is -1.46. The zero-order valence-electron chi connectivity index (χ0n) is 8.41. The Kier molecular flexibility index (Phi) is 3.62. The molecule has 0 aliphatic carbocycles. The highest BCUT2D eigenvalue weighted by molar-refractivity contribution is 6.23. The van der Waals surface area contributed by atoms with Gasteiger partial charge in [0.15, 0.2) is 0 Å². The predicted molar refractivity (Wildman–Crippen MR) is 52.0 cm³/mol. The summed E-state index contributed by atoms with van der Waals surface area (Å²) in [4.78, 5) is 11.0. The lowest BCUT2D eigenvalue weighted by molar-refractivity contribution is -0.141. The molecule has 6 heteroatoms. The number of benzene rings is 1. The number of hydrogen-bond acceptors (Lipinski definition) is 2. The molecule has 0 saturated carbocycles. The first-order valence-corrected chi connectivity index (χ1v) is 4.37. The van der Waals surface area contributed by atoms with E-state index in [9.17, 15) is 18.0 Å². The van der Waals surface area contributed by atoms with Crippen LogP contribution in [0.15, 0.2) is 24.3 Å². The van der Waals surface area contributed by atoms with E-state index >= 15 is 0 Å². The quantitative estimate of drug-likeness (QED) is 0.572. The molecule has 84 valence electrons. The van der Waals surface area contributed by atoms with Crippen LogP contribution in [0.2, 0.25) is 0 Å². The van der Waals surface area contributed by atoms with E-state index in [2.05, 4.69) is 4.74 Å². The van der Waals surface area contributed by atoms with Crippen molar-refractivity contribution in [2.24, 2.45) is 0 Å². The predicted octanol–water partition coefficient (Wildman–Crippen LogP) is 2.09. The van der Waals surface area contributed by atoms with Gasteiger partial charge in [-0.25, -0.2) is 0 Å². The topological polar surface area (TPSA) is 26.3 Å². The zero-order chi connectivity index (χ0) is 12.3. The summed E-state index contributed by atoms with van der Waals surface area (Å²) in [5.74, 6) is -1.98. The van der Waals surface area contributed by atoms with E-state index in [-0.39, 0.29) is 5.56 Å². The SMILES string of the molecule is [B]C(C(=O)OC)c1cccc(C(F)(F)F)c1. The number of carbonyl (C=O) groups excluding carboxylic acids is 1. The van der Waals surface area contributed by atoms with Gasteiger partial charge in [0.1, 0.15) is 0 Å². The summed E-state index contributed by atoms with van der Waals surface area (Å²) >= 11 is 0. The van der Waals surface area contributed by atoms with Crippen LogP contribution in [0.3, 0.4) is 0 Å². The van der Waals surface area contributed by atoms with Crippen molar-refractivity contribution in [2.75, 3.05) is 7.11 Å². The first kappa shape index (κ1) is 12.6. The van der Waals surface area contributed by atoms with Crippen LogP contribution < -0.4 is 0 Å². The summed E-state index contributed by atoms with van der Waals surface area (Å²) in [6, 6.07) is 4.28. The number of methoxy groups -OCH3 is 1. The molecule has 0 N–H and O–H groups in total. The van der Waals surface area contributed by atoms with Gasteiger partial charge in [-0.2, -0.15) is 13.2 Å². The van der Waals surface area contributed by atoms with Gasteiger partial charge in [-0.1, -0.05) is 18.2 Å². The van der Waals surface area contributed by atoms with Crippen LogP contribution >= 0.6 is 0 Å². The smallest absolute Gasteiger partial charge is 0.416 e. The van der Waals surface area contributed by atoms with Crippen LogP contribution in [0.4, 0.5) is 13.2 Å². The number of rotatable bonds is 2. The third-order valence-electron chi connectivity index (χ3n) is 2.03. The summed E-state index contributed by atoms with van der Waals surface area (Å²) in [6.07, 6.45) is -4.45. The molecule has 0 aliphatic rings. The van der Waals surface area contributed by atoms with Crippen molar-refractivity contribution >= 4 is 13.8 Å². The van der Waals surface area contributed by atoms with E-state index in [1.165, 1.54) is 12.1 Å². The molecule has 0 saturated heterocycles. The van der Waals surface area contributed by atoms with Crippen molar-refractivity contribution in [3.05, 3.63) is 35.4 Å². The molecule has 1 rings (SSSR count). The van der Waals surface area contributed by atoms with Crippen LogP contribution in [-0.4, -0.2) is 20.9 Å². The fourth-order valence-corrected chi connectivity index (χ4v) is 1.17. The number of halogens is 3. The summed E-state index contributed by atoms with van der Waals surface area (Å²) < 4.78 is 41.4. The van der Waals surface area contributed by atoms with Gasteiger partial charge in [-0.15, -0.1) is 0 Å². The van der Waals surface area contributed by atoms with Gasteiger partial charge < -0.3 is 4.74 Å². The van der Waals surface area contributed by atoms with Crippen LogP contribution in [0, 0.1) is 0 Å². The van der Waals surface area contributed by atoms with E-state index in [4.69, 9.17) is 7.85 Å². The average Bonchev–Trinajstić information content (AvgIpc) is 2.26. The summed E-state index contributed by atoms with van der Waals surface area (Å²) in [5, 5.41) is 0. The first-order chi connectivity index (χ1) is 7.36. The highest BCUT2D eigenvalue weighted by atomic mass is 19.4. The number of hydrogen-bond donors (Lipinski definition) is 0. The Morgan fingerprint density at radius 3 is 2.56 bits per heavy atom. The summed E-state index contributed by atoms with van der Waals surface area (Å²) in [7, 11) is 6.54. The van der Waals surface area contributed by atoms with Crippen molar-refractivity contribution in [3.63, 3.8) is 0 Å². The Labute approximate surface area is 91.8 Å². The molecule has 1 unspecified atom stereocenters. The molecule has 0 fully saturated rings. The molecule has 1 aromatic rings. The van der Waals surface area contributed by atoms with Crippen LogP contribution in [-0.2, 0) is 15.7 Å². The van der Waals surface area contributed by atoms with E-state index in [0.717, 1.165) is 19.2 Å². The second kappa shape index (κ2) is 4.59. The molecule has 0 bridgehead atoms. The second-order valence-corrected chi connectivity index (χ2v) is 3.12. The van der Waals surface area contributed by atoms with Crippen molar-refractivity contribution in [3.8, 4) is 0 Å². The second-order valence-electron chi connectivity index (χ2n) is 3.12. The largest absolute Gasteiger partial charge is 0.469 e. The number of ether oxygens (including phenoxy) is 1. The van der Waals surface area contributed by atoms with E-state index in [0.29, 0.717) is 0 Å². The average molecular weight is 228 g/mol. The van der Waals surface area contributed by atoms with Crippen molar-refractivity contribution in [1.82, 2.24) is 0 Å². The molecule has 0 amide bonds. The number of carbonyl (C=O) groups is 1. The standard InChI is InChI=1S/C10H8BF3O2/c1-16-9(15)8(11)6-3-2-4-7(5-6)10(12,13)14/h2-5,8H,1H3. The van der Waals surface area contributed by atoms with Crippen LogP contribution in [0.25, 0.3) is 0 Å². The van der Waals surface area contributed by atoms with Crippen molar-refractivity contribution in [2.45, 2.75) is 12.0 Å². The fourth-order valence-electron chi connectivity index (χ4n) is 1.17. The number of esters is 1. The van der Waals surface area contributed by atoms with E-state index in [1.54, 1.807) is 0 Å². The summed E-state index contributed by atoms with van der Waals surface area (Å²) in [6.45, 7) is 0. The lowest BCUT2D eigenvalue weighted by Crippen LogP contribution is -2.15. The van der Waals surface area contributed by atoms with Crippen molar-refractivity contribution in [1.29, 1.82) is 0 Å². The monoisotopic (exact) mass is 228 g/mol. The van der Waals surface area contributed by atoms with Gasteiger partial charge in [0.2, 0.25) is 0 Å². The molecular weight excluding hydrogens is 220 g/mol.